The van der Waals surface area contributed by atoms with Crippen LogP contribution in [0.3, 0.4) is 0 Å². The van der Waals surface area contributed by atoms with Gasteiger partial charge in [0.05, 0.1) is 7.11 Å². The predicted molar refractivity (Wildman–Crippen MR) is 144 cm³/mol. The highest BCUT2D eigenvalue weighted by atomic mass is 16.7. The van der Waals surface area contributed by atoms with Crippen molar-refractivity contribution in [2.75, 3.05) is 34.9 Å². The maximum Gasteiger partial charge on any atom is 0.347 e. The minimum atomic E-state index is -0.631. The van der Waals surface area contributed by atoms with Crippen LogP contribution in [0.25, 0.3) is 0 Å². The molecule has 3 aromatic carbocycles. The average Bonchev–Trinajstić information content (AvgIpc) is 2.94. The Labute approximate surface area is 228 Å². The van der Waals surface area contributed by atoms with Crippen molar-refractivity contribution in [2.45, 2.75) is 34.3 Å². The van der Waals surface area contributed by atoms with Crippen LogP contribution in [0.1, 0.15) is 48.5 Å². The Kier molecular flexibility index (Phi) is 10.3. The van der Waals surface area contributed by atoms with E-state index in [2.05, 4.69) is 0 Å². The molecule has 0 heterocycles. The van der Waals surface area contributed by atoms with Gasteiger partial charge in [-0.25, -0.2) is 9.59 Å². The topological polar surface area (TPSA) is 98.8 Å². The second-order valence-electron chi connectivity index (χ2n) is 8.78. The van der Waals surface area contributed by atoms with Crippen LogP contribution in [-0.2, 0) is 20.8 Å². The lowest BCUT2D eigenvalue weighted by atomic mass is 9.96. The summed E-state index contributed by atoms with van der Waals surface area (Å²) in [6.45, 7) is 6.97. The van der Waals surface area contributed by atoms with Gasteiger partial charge in [-0.1, -0.05) is 30.3 Å². The molecule has 0 amide bonds. The number of aryl methyl sites for hydroxylation is 1. The van der Waals surface area contributed by atoms with Crippen LogP contribution in [0.4, 0.5) is 0 Å². The van der Waals surface area contributed by atoms with Crippen LogP contribution in [0.2, 0.25) is 0 Å². The van der Waals surface area contributed by atoms with Crippen LogP contribution < -0.4 is 18.9 Å². The fourth-order valence-electron chi connectivity index (χ4n) is 4.10. The van der Waals surface area contributed by atoms with Crippen molar-refractivity contribution in [1.82, 2.24) is 0 Å². The normalized spacial score (nSPS) is 10.6. The lowest BCUT2D eigenvalue weighted by Crippen LogP contribution is -2.18. The molecular weight excluding hydrogens is 504 g/mol. The molecule has 0 aliphatic rings. The quantitative estimate of drug-likeness (QED) is 0.169. The number of rotatable bonds is 12. The number of esters is 2. The van der Waals surface area contributed by atoms with Gasteiger partial charge in [0, 0.05) is 25.8 Å². The fourth-order valence-corrected chi connectivity index (χ4v) is 4.10. The zero-order chi connectivity index (χ0) is 28.5. The van der Waals surface area contributed by atoms with Crippen LogP contribution in [0.15, 0.2) is 42.5 Å². The lowest BCUT2D eigenvalue weighted by Gasteiger charge is -2.21. The maximum absolute atomic E-state index is 13.5. The molecule has 0 aliphatic carbocycles. The molecule has 0 aromatic heterocycles. The van der Waals surface area contributed by atoms with Crippen molar-refractivity contribution in [3.05, 3.63) is 81.4 Å². The molecule has 0 saturated carbocycles. The molecule has 0 spiro atoms. The first kappa shape index (κ1) is 29.5. The molecule has 0 aliphatic heterocycles. The number of benzene rings is 3. The van der Waals surface area contributed by atoms with Gasteiger partial charge in [-0.05, 0) is 56.0 Å². The first-order valence-corrected chi connectivity index (χ1v) is 12.2. The van der Waals surface area contributed by atoms with Gasteiger partial charge in [0.15, 0.2) is 13.6 Å². The van der Waals surface area contributed by atoms with E-state index in [0.29, 0.717) is 40.4 Å². The molecule has 0 radical (unpaired) electrons. The molecule has 208 valence electrons. The molecule has 39 heavy (non-hydrogen) atoms. The first-order chi connectivity index (χ1) is 18.7. The zero-order valence-corrected chi connectivity index (χ0v) is 23.3. The molecule has 0 unspecified atom stereocenters. The molecule has 3 rings (SSSR count). The van der Waals surface area contributed by atoms with Gasteiger partial charge in [-0.15, -0.1) is 0 Å². The van der Waals surface area contributed by atoms with E-state index in [1.165, 1.54) is 21.3 Å². The number of hydrogen-bond donors (Lipinski definition) is 0. The molecule has 0 saturated heterocycles. The Bertz CT molecular complexity index is 1320. The minimum Gasteiger partial charge on any atom is -0.496 e. The molecule has 0 fully saturated rings. The van der Waals surface area contributed by atoms with Crippen LogP contribution in [-0.4, -0.2) is 46.9 Å². The van der Waals surface area contributed by atoms with Gasteiger partial charge < -0.3 is 33.2 Å². The smallest absolute Gasteiger partial charge is 0.347 e. The molecule has 3 aromatic rings. The van der Waals surface area contributed by atoms with E-state index >= 15 is 0 Å². The van der Waals surface area contributed by atoms with Gasteiger partial charge in [0.1, 0.15) is 40.7 Å². The second kappa shape index (κ2) is 13.6. The largest absolute Gasteiger partial charge is 0.496 e. The summed E-state index contributed by atoms with van der Waals surface area (Å²) in [5.74, 6) is 0.0629. The van der Waals surface area contributed by atoms with Crippen LogP contribution >= 0.6 is 0 Å². The Morgan fingerprint density at radius 3 is 2.05 bits per heavy atom. The van der Waals surface area contributed by atoms with Gasteiger partial charge in [-0.2, -0.15) is 0 Å². The van der Waals surface area contributed by atoms with E-state index in [-0.39, 0.29) is 36.2 Å². The molecule has 0 bridgehead atoms. The van der Waals surface area contributed by atoms with E-state index in [4.69, 9.17) is 33.2 Å². The molecule has 9 nitrogen and oxygen atoms in total. The SMILES string of the molecule is COCOC(=O)c1c(C)c(C)c(OC(=O)c2c(C)cc(OCc3ccccc3)cc2OC)c(C)c1OCOC. The van der Waals surface area contributed by atoms with Gasteiger partial charge >= 0.3 is 11.9 Å². The van der Waals surface area contributed by atoms with Gasteiger partial charge in [0.25, 0.3) is 0 Å². The standard InChI is InChI=1S/C30H34O9/c1-18-13-23(36-15-22-11-9-8-10-12-22)14-24(35-7)25(18)30(32)39-27-20(3)19(2)26(29(31)38-17-34-6)28(21(27)4)37-16-33-5/h8-14H,15-17H2,1-7H3. The van der Waals surface area contributed by atoms with Crippen molar-refractivity contribution in [3.63, 3.8) is 0 Å². The Morgan fingerprint density at radius 1 is 0.718 bits per heavy atom. The average molecular weight is 539 g/mol. The summed E-state index contributed by atoms with van der Waals surface area (Å²) < 4.78 is 38.2. The summed E-state index contributed by atoms with van der Waals surface area (Å²) >= 11 is 0. The second-order valence-corrected chi connectivity index (χ2v) is 8.78. The summed E-state index contributed by atoms with van der Waals surface area (Å²) in [6, 6.07) is 13.2. The summed E-state index contributed by atoms with van der Waals surface area (Å²) in [4.78, 5) is 26.3. The van der Waals surface area contributed by atoms with Crippen molar-refractivity contribution < 1.29 is 42.7 Å². The fraction of sp³-hybridized carbons (Fsp3) is 0.333. The summed E-state index contributed by atoms with van der Waals surface area (Å²) in [5, 5.41) is 0. The van der Waals surface area contributed by atoms with Gasteiger partial charge in [-0.3, -0.25) is 0 Å². The number of hydrogen-bond acceptors (Lipinski definition) is 9. The molecule has 0 atom stereocenters. The van der Waals surface area contributed by atoms with E-state index in [9.17, 15) is 9.59 Å². The molecular formula is C30H34O9. The van der Waals surface area contributed by atoms with E-state index in [0.717, 1.165) is 5.56 Å². The summed E-state index contributed by atoms with van der Waals surface area (Å²) in [7, 11) is 4.35. The third kappa shape index (κ3) is 6.87. The number of ether oxygens (including phenoxy) is 7. The van der Waals surface area contributed by atoms with Gasteiger partial charge in [0.2, 0.25) is 0 Å². The highest BCUT2D eigenvalue weighted by molar-refractivity contribution is 5.98. The Balaban J connectivity index is 1.96. The first-order valence-electron chi connectivity index (χ1n) is 12.2. The zero-order valence-electron chi connectivity index (χ0n) is 23.3. The minimum absolute atomic E-state index is 0.126. The van der Waals surface area contributed by atoms with E-state index < -0.39 is 11.9 Å². The Hall–Kier alpha value is -4.08. The molecule has 9 heteroatoms. The highest BCUT2D eigenvalue weighted by Crippen LogP contribution is 2.40. The van der Waals surface area contributed by atoms with Crippen LogP contribution in [0.5, 0.6) is 23.0 Å². The number of carbonyl (C=O) groups excluding carboxylic acids is 2. The molecule has 0 N–H and O–H groups in total. The van der Waals surface area contributed by atoms with Crippen molar-refractivity contribution in [3.8, 4) is 23.0 Å². The monoisotopic (exact) mass is 538 g/mol. The Morgan fingerprint density at radius 2 is 1.41 bits per heavy atom. The maximum atomic E-state index is 13.5. The van der Waals surface area contributed by atoms with Crippen molar-refractivity contribution >= 4 is 11.9 Å². The van der Waals surface area contributed by atoms with Crippen molar-refractivity contribution in [1.29, 1.82) is 0 Å². The van der Waals surface area contributed by atoms with Crippen molar-refractivity contribution in [2.24, 2.45) is 0 Å². The van der Waals surface area contributed by atoms with E-state index in [1.54, 1.807) is 39.8 Å². The highest BCUT2D eigenvalue weighted by Gasteiger charge is 2.28. The third-order valence-electron chi connectivity index (χ3n) is 6.16. The number of carbonyl (C=O) groups is 2. The van der Waals surface area contributed by atoms with Crippen LogP contribution in [0, 0.1) is 27.7 Å². The third-order valence-corrected chi connectivity index (χ3v) is 6.16. The van der Waals surface area contributed by atoms with E-state index in [1.807, 2.05) is 30.3 Å². The summed E-state index contributed by atoms with van der Waals surface area (Å²) in [6.07, 6.45) is 0. The lowest BCUT2D eigenvalue weighted by molar-refractivity contribution is -0.0133. The summed E-state index contributed by atoms with van der Waals surface area (Å²) in [5.41, 5.74) is 3.63. The number of methoxy groups -OCH3 is 3. The predicted octanol–water partition coefficient (Wildman–Crippen LogP) is 5.47.